The molecule has 0 spiro atoms. The molecule has 0 aromatic carbocycles. The zero-order valence-electron chi connectivity index (χ0n) is 14.0. The monoisotopic (exact) mass is 453 g/mol. The number of aliphatic hydroxyl groups is 1. The molecule has 1 aliphatic rings. The number of halogens is 1. The van der Waals surface area contributed by atoms with E-state index in [1.807, 2.05) is 11.8 Å². The highest BCUT2D eigenvalue weighted by Crippen LogP contribution is 2.26. The van der Waals surface area contributed by atoms with Crippen LogP contribution in [0.25, 0.3) is 0 Å². The van der Waals surface area contributed by atoms with Crippen molar-refractivity contribution in [1.29, 1.82) is 0 Å². The van der Waals surface area contributed by atoms with Crippen molar-refractivity contribution in [3.05, 3.63) is 24.2 Å². The molecule has 23 heavy (non-hydrogen) atoms. The Morgan fingerprint density at radius 1 is 1.52 bits per heavy atom. The Hall–Kier alpha value is -0.410. The van der Waals surface area contributed by atoms with Gasteiger partial charge in [-0.05, 0) is 44.6 Å². The summed E-state index contributed by atoms with van der Waals surface area (Å²) in [5.74, 6) is 1.29. The number of hydrogen-bond acceptors (Lipinski definition) is 4. The number of rotatable bonds is 5. The fourth-order valence-corrected chi connectivity index (χ4v) is 3.63. The topological polar surface area (TPSA) is 69.8 Å². The van der Waals surface area contributed by atoms with Crippen molar-refractivity contribution in [1.82, 2.24) is 10.6 Å². The third kappa shape index (κ3) is 6.19. The zero-order valence-corrected chi connectivity index (χ0v) is 17.2. The molecule has 0 amide bonds. The van der Waals surface area contributed by atoms with Crippen LogP contribution in [0.15, 0.2) is 27.8 Å². The fraction of sp³-hybridized carbons (Fsp3) is 0.688. The summed E-state index contributed by atoms with van der Waals surface area (Å²) in [6.45, 7) is 2.08. The van der Waals surface area contributed by atoms with Crippen LogP contribution in [0.4, 0.5) is 0 Å². The Morgan fingerprint density at radius 3 is 2.91 bits per heavy atom. The van der Waals surface area contributed by atoms with E-state index >= 15 is 0 Å². The van der Waals surface area contributed by atoms with Crippen LogP contribution >= 0.6 is 35.7 Å². The van der Waals surface area contributed by atoms with Gasteiger partial charge in [0.1, 0.15) is 11.4 Å². The molecule has 1 aromatic heterocycles. The largest absolute Gasteiger partial charge is 0.466 e. The Morgan fingerprint density at radius 2 is 2.30 bits per heavy atom. The standard InChI is InChI=1S/C16H27N3O2S.HI/c1-16(20,14-8-5-9-21-14)11-18-15(17-2)19-12-6-4-7-13(10-12)22-3;/h5,8-9,12-13,20H,4,6-7,10-11H2,1-3H3,(H2,17,18,19);1H. The van der Waals surface area contributed by atoms with Gasteiger partial charge in [0.2, 0.25) is 0 Å². The number of thioether (sulfide) groups is 1. The smallest absolute Gasteiger partial charge is 0.191 e. The van der Waals surface area contributed by atoms with Crippen LogP contribution in [-0.2, 0) is 5.60 Å². The Bertz CT molecular complexity index is 480. The van der Waals surface area contributed by atoms with Crippen LogP contribution in [-0.4, -0.2) is 42.2 Å². The Kier molecular flexibility index (Phi) is 8.78. The van der Waals surface area contributed by atoms with Gasteiger partial charge in [-0.25, -0.2) is 0 Å². The Balaban J connectivity index is 0.00000264. The average molecular weight is 453 g/mol. The van der Waals surface area contributed by atoms with Gasteiger partial charge >= 0.3 is 0 Å². The van der Waals surface area contributed by atoms with Gasteiger partial charge in [0, 0.05) is 18.3 Å². The van der Waals surface area contributed by atoms with Gasteiger partial charge in [0.25, 0.3) is 0 Å². The first-order chi connectivity index (χ1) is 10.5. The van der Waals surface area contributed by atoms with Crippen LogP contribution in [0.1, 0.15) is 38.4 Å². The van der Waals surface area contributed by atoms with Crippen LogP contribution in [0, 0.1) is 0 Å². The third-order valence-electron chi connectivity index (χ3n) is 4.18. The molecule has 1 aromatic rings. The first-order valence-electron chi connectivity index (χ1n) is 7.81. The van der Waals surface area contributed by atoms with E-state index in [1.165, 1.54) is 19.3 Å². The minimum Gasteiger partial charge on any atom is -0.466 e. The molecule has 0 radical (unpaired) electrons. The van der Waals surface area contributed by atoms with Crippen molar-refractivity contribution in [2.45, 2.75) is 49.5 Å². The molecule has 132 valence electrons. The molecule has 0 bridgehead atoms. The van der Waals surface area contributed by atoms with E-state index in [9.17, 15) is 5.11 Å². The van der Waals surface area contributed by atoms with Crippen LogP contribution < -0.4 is 10.6 Å². The van der Waals surface area contributed by atoms with Crippen molar-refractivity contribution in [2.24, 2.45) is 4.99 Å². The molecule has 1 saturated carbocycles. The summed E-state index contributed by atoms with van der Waals surface area (Å²) in [5.41, 5.74) is -1.06. The lowest BCUT2D eigenvalue weighted by Gasteiger charge is -2.30. The molecule has 3 atom stereocenters. The Labute approximate surface area is 160 Å². The lowest BCUT2D eigenvalue weighted by Crippen LogP contribution is -2.49. The van der Waals surface area contributed by atoms with Gasteiger partial charge in [-0.2, -0.15) is 11.8 Å². The molecule has 7 heteroatoms. The number of furan rings is 1. The van der Waals surface area contributed by atoms with Crippen molar-refractivity contribution in [3.8, 4) is 0 Å². The summed E-state index contributed by atoms with van der Waals surface area (Å²) in [4.78, 5) is 4.26. The fourth-order valence-electron chi connectivity index (χ4n) is 2.81. The van der Waals surface area contributed by atoms with E-state index in [-0.39, 0.29) is 24.0 Å². The second kappa shape index (κ2) is 9.78. The predicted octanol–water partition coefficient (Wildman–Crippen LogP) is 2.94. The van der Waals surface area contributed by atoms with Crippen LogP contribution in [0.5, 0.6) is 0 Å². The molecule has 5 nitrogen and oxygen atoms in total. The van der Waals surface area contributed by atoms with Crippen molar-refractivity contribution in [3.63, 3.8) is 0 Å². The minimum absolute atomic E-state index is 0. The summed E-state index contributed by atoms with van der Waals surface area (Å²) in [7, 11) is 1.76. The molecule has 3 N–H and O–H groups in total. The molecule has 0 aliphatic heterocycles. The molecule has 1 heterocycles. The first kappa shape index (κ1) is 20.6. The zero-order chi connectivity index (χ0) is 16.0. The molecule has 3 unspecified atom stereocenters. The molecular weight excluding hydrogens is 425 g/mol. The van der Waals surface area contributed by atoms with E-state index in [2.05, 4.69) is 21.9 Å². The average Bonchev–Trinajstić information content (AvgIpc) is 3.07. The van der Waals surface area contributed by atoms with Gasteiger partial charge < -0.3 is 20.2 Å². The van der Waals surface area contributed by atoms with Crippen molar-refractivity contribution in [2.75, 3.05) is 19.8 Å². The van der Waals surface area contributed by atoms with Crippen molar-refractivity contribution >= 4 is 41.7 Å². The van der Waals surface area contributed by atoms with E-state index in [0.717, 1.165) is 17.6 Å². The lowest BCUT2D eigenvalue weighted by atomic mass is 9.95. The molecule has 1 aliphatic carbocycles. The van der Waals surface area contributed by atoms with Gasteiger partial charge in [-0.15, -0.1) is 24.0 Å². The summed E-state index contributed by atoms with van der Waals surface area (Å²) in [6, 6.07) is 4.01. The van der Waals surface area contributed by atoms with Gasteiger partial charge in [-0.1, -0.05) is 6.42 Å². The first-order valence-corrected chi connectivity index (χ1v) is 9.10. The molecule has 2 rings (SSSR count). The summed E-state index contributed by atoms with van der Waals surface area (Å²) in [6.07, 6.45) is 8.65. The summed E-state index contributed by atoms with van der Waals surface area (Å²) in [5, 5.41) is 17.9. The number of guanidine groups is 1. The molecule has 1 fully saturated rings. The molecule has 0 saturated heterocycles. The number of nitrogens with one attached hydrogen (secondary N) is 2. The van der Waals surface area contributed by atoms with Crippen LogP contribution in [0.3, 0.4) is 0 Å². The number of nitrogens with zero attached hydrogens (tertiary/aromatic N) is 1. The quantitative estimate of drug-likeness (QED) is 0.364. The number of hydrogen-bond donors (Lipinski definition) is 3. The maximum atomic E-state index is 10.5. The minimum atomic E-state index is -1.06. The van der Waals surface area contributed by atoms with E-state index in [4.69, 9.17) is 4.42 Å². The van der Waals surface area contributed by atoms with Crippen molar-refractivity contribution < 1.29 is 9.52 Å². The maximum Gasteiger partial charge on any atom is 0.191 e. The van der Waals surface area contributed by atoms with E-state index in [0.29, 0.717) is 18.3 Å². The van der Waals surface area contributed by atoms with Crippen LogP contribution in [0.2, 0.25) is 0 Å². The molecular formula is C16H28IN3O2S. The second-order valence-electron chi connectivity index (χ2n) is 6.04. The van der Waals surface area contributed by atoms with E-state index < -0.39 is 5.60 Å². The third-order valence-corrected chi connectivity index (χ3v) is 5.27. The predicted molar refractivity (Wildman–Crippen MR) is 108 cm³/mol. The normalized spacial score (nSPS) is 24.4. The highest BCUT2D eigenvalue weighted by atomic mass is 127. The maximum absolute atomic E-state index is 10.5. The number of aliphatic imine (C=N–C) groups is 1. The highest BCUT2D eigenvalue weighted by Gasteiger charge is 2.27. The highest BCUT2D eigenvalue weighted by molar-refractivity contribution is 14.0. The lowest BCUT2D eigenvalue weighted by molar-refractivity contribution is 0.0385. The SMILES string of the molecule is CN=C(NCC(C)(O)c1ccco1)NC1CCCC(SC)C1.I. The summed E-state index contributed by atoms with van der Waals surface area (Å²) < 4.78 is 5.29. The van der Waals surface area contributed by atoms with E-state index in [1.54, 1.807) is 32.4 Å². The summed E-state index contributed by atoms with van der Waals surface area (Å²) >= 11 is 1.95. The second-order valence-corrected chi connectivity index (χ2v) is 7.18. The van der Waals surface area contributed by atoms with Gasteiger partial charge in [-0.3, -0.25) is 4.99 Å². The van der Waals surface area contributed by atoms with Gasteiger partial charge in [0.15, 0.2) is 5.96 Å². The van der Waals surface area contributed by atoms with Gasteiger partial charge in [0.05, 0.1) is 12.8 Å².